The van der Waals surface area contributed by atoms with Gasteiger partial charge in [0.2, 0.25) is 0 Å². The van der Waals surface area contributed by atoms with Gasteiger partial charge in [0.05, 0.1) is 32.9 Å². The summed E-state index contributed by atoms with van der Waals surface area (Å²) in [5, 5.41) is -0.494. The highest BCUT2D eigenvalue weighted by Gasteiger charge is 2.29. The van der Waals surface area contributed by atoms with Crippen LogP contribution in [0.5, 0.6) is 0 Å². The van der Waals surface area contributed by atoms with Crippen molar-refractivity contribution in [2.75, 3.05) is 0 Å². The van der Waals surface area contributed by atoms with Crippen molar-refractivity contribution in [2.24, 2.45) is 0 Å². The first-order valence-corrected chi connectivity index (χ1v) is 12.8. The highest BCUT2D eigenvalue weighted by Crippen LogP contribution is 2.26. The van der Waals surface area contributed by atoms with E-state index in [-0.39, 0.29) is 32.7 Å². The molecule has 4 aromatic carbocycles. The third kappa shape index (κ3) is 3.55. The summed E-state index contributed by atoms with van der Waals surface area (Å²) in [6.45, 7) is 7.57. The van der Waals surface area contributed by atoms with E-state index < -0.39 is 28.0 Å². The van der Waals surface area contributed by atoms with Crippen molar-refractivity contribution in [3.8, 4) is 11.4 Å². The maximum absolute atomic E-state index is 14.0. The highest BCUT2D eigenvalue weighted by atomic mass is 16.2. The van der Waals surface area contributed by atoms with Crippen LogP contribution in [0.4, 0.5) is 0 Å². The van der Waals surface area contributed by atoms with Crippen molar-refractivity contribution in [3.63, 3.8) is 0 Å². The molecule has 0 saturated carbocycles. The number of hydrogen-bond donors (Lipinski definition) is 0. The Kier molecular flexibility index (Phi) is 5.62. The zero-order valence-corrected chi connectivity index (χ0v) is 22.4. The molecule has 0 atom stereocenters. The normalized spacial score (nSPS) is 11.5. The number of rotatable bonds is 4. The molecule has 0 aliphatic heterocycles. The van der Waals surface area contributed by atoms with Crippen LogP contribution in [-0.2, 0) is 0 Å². The van der Waals surface area contributed by atoms with Gasteiger partial charge in [-0.1, -0.05) is 42.5 Å². The Morgan fingerprint density at radius 3 is 1.40 bits per heavy atom. The molecule has 2 heterocycles. The summed E-state index contributed by atoms with van der Waals surface area (Å²) in [4.78, 5) is 69.3. The van der Waals surface area contributed by atoms with Crippen molar-refractivity contribution < 1.29 is 4.79 Å². The minimum Gasteiger partial charge on any atom is -0.289 e. The SMILES string of the molecule is Cc1ccc(-n2c(=O)c3cc4c(=O)n(-c5ccc(C)c(C)c5)c(=O)c4c(C(=O)c4ccccc4)c3c2=O)cc1C. The van der Waals surface area contributed by atoms with Gasteiger partial charge in [0, 0.05) is 11.1 Å². The fraction of sp³-hybridized carbons (Fsp3) is 0.121. The molecule has 0 amide bonds. The molecule has 2 aromatic heterocycles. The maximum Gasteiger partial charge on any atom is 0.266 e. The van der Waals surface area contributed by atoms with E-state index in [4.69, 9.17) is 0 Å². The van der Waals surface area contributed by atoms with Crippen molar-refractivity contribution in [1.82, 2.24) is 9.13 Å². The molecule has 0 spiro atoms. The molecule has 40 heavy (non-hydrogen) atoms. The number of carbonyl (C=O) groups is 1. The second kappa shape index (κ2) is 8.95. The van der Waals surface area contributed by atoms with Crippen LogP contribution in [0.1, 0.15) is 38.2 Å². The predicted octanol–water partition coefficient (Wildman–Crippen LogP) is 4.36. The van der Waals surface area contributed by atoms with Crippen LogP contribution < -0.4 is 22.2 Å². The summed E-state index contributed by atoms with van der Waals surface area (Å²) in [7, 11) is 0. The molecule has 196 valence electrons. The molecule has 0 unspecified atom stereocenters. The largest absolute Gasteiger partial charge is 0.289 e. The fourth-order valence-corrected chi connectivity index (χ4v) is 5.27. The molecule has 0 aliphatic rings. The lowest BCUT2D eigenvalue weighted by atomic mass is 9.95. The summed E-state index contributed by atoms with van der Waals surface area (Å²) >= 11 is 0. The number of ketones is 1. The van der Waals surface area contributed by atoms with E-state index >= 15 is 0 Å². The van der Waals surface area contributed by atoms with E-state index in [0.29, 0.717) is 11.4 Å². The number of nitrogens with zero attached hydrogens (tertiary/aromatic N) is 2. The summed E-state index contributed by atoms with van der Waals surface area (Å²) in [6, 6.07) is 19.9. The Bertz CT molecular complexity index is 2110. The number of hydrogen-bond acceptors (Lipinski definition) is 5. The van der Waals surface area contributed by atoms with Gasteiger partial charge in [0.25, 0.3) is 22.2 Å². The van der Waals surface area contributed by atoms with E-state index in [2.05, 4.69) is 0 Å². The van der Waals surface area contributed by atoms with Crippen molar-refractivity contribution >= 4 is 27.3 Å². The van der Waals surface area contributed by atoms with E-state index in [0.717, 1.165) is 31.4 Å². The Morgan fingerprint density at radius 2 is 0.975 bits per heavy atom. The second-order valence-electron chi connectivity index (χ2n) is 10.2. The van der Waals surface area contributed by atoms with Crippen LogP contribution in [0.3, 0.4) is 0 Å². The van der Waals surface area contributed by atoms with E-state index in [1.165, 1.54) is 6.07 Å². The lowest BCUT2D eigenvalue weighted by molar-refractivity contribution is 0.104. The van der Waals surface area contributed by atoms with Crippen LogP contribution in [0.2, 0.25) is 0 Å². The van der Waals surface area contributed by atoms with Crippen LogP contribution in [0, 0.1) is 27.7 Å². The van der Waals surface area contributed by atoms with Crippen molar-refractivity contribution in [2.45, 2.75) is 27.7 Å². The van der Waals surface area contributed by atoms with Crippen molar-refractivity contribution in [3.05, 3.63) is 148 Å². The number of aromatic nitrogens is 2. The molecule has 7 nitrogen and oxygen atoms in total. The summed E-state index contributed by atoms with van der Waals surface area (Å²) in [5.41, 5.74) is 1.70. The molecule has 0 fully saturated rings. The zero-order chi connectivity index (χ0) is 28.5. The fourth-order valence-electron chi connectivity index (χ4n) is 5.27. The van der Waals surface area contributed by atoms with Gasteiger partial charge in [-0.25, -0.2) is 9.13 Å². The van der Waals surface area contributed by atoms with E-state index in [1.54, 1.807) is 66.7 Å². The van der Waals surface area contributed by atoms with Gasteiger partial charge >= 0.3 is 0 Å². The van der Waals surface area contributed by atoms with Gasteiger partial charge in [-0.05, 0) is 80.3 Å². The number of benzene rings is 4. The monoisotopic (exact) mass is 528 g/mol. The average molecular weight is 529 g/mol. The Morgan fingerprint density at radius 1 is 0.525 bits per heavy atom. The van der Waals surface area contributed by atoms with Gasteiger partial charge in [-0.3, -0.25) is 24.0 Å². The van der Waals surface area contributed by atoms with Gasteiger partial charge in [-0.2, -0.15) is 0 Å². The number of carbonyl (C=O) groups excluding carboxylic acids is 1. The van der Waals surface area contributed by atoms with Crippen LogP contribution in [0.25, 0.3) is 32.9 Å². The van der Waals surface area contributed by atoms with Crippen molar-refractivity contribution in [1.29, 1.82) is 0 Å². The molecular weight excluding hydrogens is 504 g/mol. The predicted molar refractivity (Wildman–Crippen MR) is 156 cm³/mol. The average Bonchev–Trinajstić information content (AvgIpc) is 3.35. The molecule has 0 bridgehead atoms. The lowest BCUT2D eigenvalue weighted by Gasteiger charge is -2.05. The molecule has 0 saturated heterocycles. The standard InChI is InChI=1S/C33H24N2O5/c1-17-10-12-22(14-19(17)3)34-30(37)24-16-25-27(28(26(24)32(34)39)29(36)21-8-6-5-7-9-21)33(40)35(31(25)38)23-13-11-18(2)20(4)15-23/h5-16H,1-4H3. The zero-order valence-electron chi connectivity index (χ0n) is 22.4. The first kappa shape index (κ1) is 25.1. The van der Waals surface area contributed by atoms with E-state index in [9.17, 15) is 24.0 Å². The Labute approximate surface area is 227 Å². The highest BCUT2D eigenvalue weighted by molar-refractivity contribution is 6.24. The molecule has 0 N–H and O–H groups in total. The first-order valence-electron chi connectivity index (χ1n) is 12.8. The van der Waals surface area contributed by atoms with Gasteiger partial charge < -0.3 is 0 Å². The molecule has 7 heteroatoms. The molecule has 6 rings (SSSR count). The minimum atomic E-state index is -0.713. The molecule has 6 aromatic rings. The van der Waals surface area contributed by atoms with Crippen LogP contribution in [0.15, 0.2) is 92.0 Å². The summed E-state index contributed by atoms with van der Waals surface area (Å²) < 4.78 is 2.01. The first-order chi connectivity index (χ1) is 19.1. The van der Waals surface area contributed by atoms with Gasteiger partial charge in [0.1, 0.15) is 0 Å². The minimum absolute atomic E-state index is 0.0793. The topological polar surface area (TPSA) is 95.2 Å². The third-order valence-corrected chi connectivity index (χ3v) is 7.79. The molecule has 0 aliphatic carbocycles. The van der Waals surface area contributed by atoms with E-state index in [1.807, 2.05) is 27.7 Å². The Hall–Kier alpha value is -5.17. The Balaban J connectivity index is 1.79. The van der Waals surface area contributed by atoms with Crippen LogP contribution >= 0.6 is 0 Å². The maximum atomic E-state index is 14.0. The van der Waals surface area contributed by atoms with Gasteiger partial charge in [-0.15, -0.1) is 0 Å². The summed E-state index contributed by atoms with van der Waals surface area (Å²) in [5.74, 6) is -0.611. The smallest absolute Gasteiger partial charge is 0.266 e. The molecular formula is C33H24N2O5. The second-order valence-corrected chi connectivity index (χ2v) is 10.2. The summed E-state index contributed by atoms with van der Waals surface area (Å²) in [6.07, 6.45) is 0. The van der Waals surface area contributed by atoms with Gasteiger partial charge in [0.15, 0.2) is 5.78 Å². The molecule has 0 radical (unpaired) electrons. The number of fused-ring (bicyclic) bond motifs is 2. The van der Waals surface area contributed by atoms with Crippen LogP contribution in [-0.4, -0.2) is 14.9 Å². The lowest BCUT2D eigenvalue weighted by Crippen LogP contribution is -2.25. The quantitative estimate of drug-likeness (QED) is 0.317. The third-order valence-electron chi connectivity index (χ3n) is 7.79. The number of aryl methyl sites for hydroxylation is 4.